The molecule has 1 unspecified atom stereocenters. The summed E-state index contributed by atoms with van der Waals surface area (Å²) in [6.07, 6.45) is -0.930. The number of likely N-dealkylation sites (N-methyl/N-ethyl adjacent to an activating group) is 1. The van der Waals surface area contributed by atoms with Crippen LogP contribution in [0.4, 0.5) is 0 Å². The summed E-state index contributed by atoms with van der Waals surface area (Å²) in [5.74, 6) is -0.476. The highest BCUT2D eigenvalue weighted by atomic mass is 16.3. The van der Waals surface area contributed by atoms with Gasteiger partial charge in [0.15, 0.2) is 0 Å². The molecule has 1 aromatic carbocycles. The molecule has 1 aromatic rings. The molecule has 2 rings (SSSR count). The molecule has 25 heavy (non-hydrogen) atoms. The van der Waals surface area contributed by atoms with Crippen LogP contribution in [0.15, 0.2) is 30.3 Å². The SMILES string of the molecule is CNC(=O)C1(C)CN(C(=O)[C@@H](N)[C@@H](C)O)CCN1Cc1ccccc1. The summed E-state index contributed by atoms with van der Waals surface area (Å²) in [7, 11) is 1.59. The van der Waals surface area contributed by atoms with Crippen LogP contribution < -0.4 is 11.1 Å². The maximum Gasteiger partial charge on any atom is 0.242 e. The number of hydrogen-bond donors (Lipinski definition) is 3. The van der Waals surface area contributed by atoms with Gasteiger partial charge < -0.3 is 21.1 Å². The van der Waals surface area contributed by atoms with Gasteiger partial charge in [-0.3, -0.25) is 14.5 Å². The molecule has 7 nitrogen and oxygen atoms in total. The largest absolute Gasteiger partial charge is 0.391 e. The molecule has 1 aliphatic rings. The zero-order valence-electron chi connectivity index (χ0n) is 15.1. The van der Waals surface area contributed by atoms with Gasteiger partial charge in [0.25, 0.3) is 0 Å². The first-order chi connectivity index (χ1) is 11.8. The van der Waals surface area contributed by atoms with Crippen LogP contribution in [-0.2, 0) is 16.1 Å². The van der Waals surface area contributed by atoms with E-state index >= 15 is 0 Å². The second-order valence-corrected chi connectivity index (χ2v) is 6.79. The lowest BCUT2D eigenvalue weighted by atomic mass is 9.93. The third kappa shape index (κ3) is 4.18. The van der Waals surface area contributed by atoms with E-state index < -0.39 is 17.7 Å². The van der Waals surface area contributed by atoms with Crippen molar-refractivity contribution in [3.63, 3.8) is 0 Å². The molecule has 1 fully saturated rings. The third-order valence-electron chi connectivity index (χ3n) is 4.89. The quantitative estimate of drug-likeness (QED) is 0.669. The number of benzene rings is 1. The van der Waals surface area contributed by atoms with Crippen molar-refractivity contribution in [2.75, 3.05) is 26.7 Å². The summed E-state index contributed by atoms with van der Waals surface area (Å²) in [6, 6.07) is 8.95. The van der Waals surface area contributed by atoms with Crippen LogP contribution in [0.3, 0.4) is 0 Å². The van der Waals surface area contributed by atoms with Gasteiger partial charge in [0.1, 0.15) is 11.6 Å². The first-order valence-corrected chi connectivity index (χ1v) is 8.53. The molecule has 0 saturated carbocycles. The molecule has 0 bridgehead atoms. The van der Waals surface area contributed by atoms with Gasteiger partial charge in [-0.25, -0.2) is 0 Å². The summed E-state index contributed by atoms with van der Waals surface area (Å²) in [5, 5.41) is 12.3. The van der Waals surface area contributed by atoms with Crippen LogP contribution >= 0.6 is 0 Å². The molecular formula is C18H28N4O3. The topological polar surface area (TPSA) is 98.9 Å². The highest BCUT2D eigenvalue weighted by Crippen LogP contribution is 2.25. The highest BCUT2D eigenvalue weighted by molar-refractivity contribution is 5.88. The van der Waals surface area contributed by atoms with Crippen LogP contribution in [0, 0.1) is 0 Å². The Morgan fingerprint density at radius 3 is 2.52 bits per heavy atom. The third-order valence-corrected chi connectivity index (χ3v) is 4.89. The van der Waals surface area contributed by atoms with Crippen LogP contribution in [0.1, 0.15) is 19.4 Å². The predicted octanol–water partition coefficient (Wildman–Crippen LogP) is -0.456. The predicted molar refractivity (Wildman–Crippen MR) is 95.6 cm³/mol. The van der Waals surface area contributed by atoms with E-state index in [4.69, 9.17) is 5.73 Å². The summed E-state index contributed by atoms with van der Waals surface area (Å²) in [6.45, 7) is 5.21. The molecule has 7 heteroatoms. The van der Waals surface area contributed by atoms with Gasteiger partial charge in [-0.2, -0.15) is 0 Å². The standard InChI is InChI=1S/C18H28N4O3/c1-13(23)15(19)16(24)21-9-10-22(11-14-7-5-4-6-8-14)18(2,12-21)17(25)20-3/h4-8,13,15,23H,9-12,19H2,1-3H3,(H,20,25)/t13-,15+,18?/m1/s1. The van der Waals surface area contributed by atoms with E-state index in [2.05, 4.69) is 10.2 Å². The lowest BCUT2D eigenvalue weighted by Crippen LogP contribution is -2.68. The number of amides is 2. The van der Waals surface area contributed by atoms with Crippen molar-refractivity contribution < 1.29 is 14.7 Å². The number of nitrogens with two attached hydrogens (primary N) is 1. The van der Waals surface area contributed by atoms with Crippen LogP contribution in [0.2, 0.25) is 0 Å². The fourth-order valence-electron chi connectivity index (χ4n) is 3.19. The number of rotatable bonds is 5. The number of hydrogen-bond acceptors (Lipinski definition) is 5. The van der Waals surface area contributed by atoms with E-state index in [0.29, 0.717) is 19.6 Å². The minimum atomic E-state index is -0.977. The zero-order chi connectivity index (χ0) is 18.6. The lowest BCUT2D eigenvalue weighted by Gasteiger charge is -2.48. The first-order valence-electron chi connectivity index (χ1n) is 8.53. The Morgan fingerprint density at radius 1 is 1.32 bits per heavy atom. The van der Waals surface area contributed by atoms with Crippen LogP contribution in [-0.4, -0.2) is 71.1 Å². The zero-order valence-corrected chi connectivity index (χ0v) is 15.1. The molecule has 1 aliphatic heterocycles. The van der Waals surface area contributed by atoms with E-state index in [-0.39, 0.29) is 18.4 Å². The number of aliphatic hydroxyl groups is 1. The number of carbonyl (C=O) groups excluding carboxylic acids is 2. The van der Waals surface area contributed by atoms with Crippen molar-refractivity contribution in [1.29, 1.82) is 0 Å². The fraction of sp³-hybridized carbons (Fsp3) is 0.556. The molecule has 0 aliphatic carbocycles. The number of nitrogens with zero attached hydrogens (tertiary/aromatic N) is 2. The smallest absolute Gasteiger partial charge is 0.242 e. The van der Waals surface area contributed by atoms with E-state index in [0.717, 1.165) is 5.56 Å². The molecule has 138 valence electrons. The summed E-state index contributed by atoms with van der Waals surface area (Å²) >= 11 is 0. The molecule has 2 amide bonds. The number of aliphatic hydroxyl groups excluding tert-OH is 1. The van der Waals surface area contributed by atoms with Gasteiger partial charge in [-0.15, -0.1) is 0 Å². The molecule has 1 saturated heterocycles. The second kappa shape index (κ2) is 7.95. The van der Waals surface area contributed by atoms with Gasteiger partial charge in [0, 0.05) is 33.2 Å². The van der Waals surface area contributed by atoms with Crippen molar-refractivity contribution in [2.24, 2.45) is 5.73 Å². The molecule has 3 atom stereocenters. The Labute approximate surface area is 148 Å². The van der Waals surface area contributed by atoms with Crippen molar-refractivity contribution in [2.45, 2.75) is 38.1 Å². The Hall–Kier alpha value is -1.96. The highest BCUT2D eigenvalue weighted by Gasteiger charge is 2.45. The Morgan fingerprint density at radius 2 is 1.96 bits per heavy atom. The average molecular weight is 348 g/mol. The summed E-state index contributed by atoms with van der Waals surface area (Å²) in [5.41, 5.74) is 6.04. The second-order valence-electron chi connectivity index (χ2n) is 6.79. The molecule has 4 N–H and O–H groups in total. The number of piperazine rings is 1. The molecule has 1 heterocycles. The van der Waals surface area contributed by atoms with Crippen molar-refractivity contribution in [3.8, 4) is 0 Å². The molecule has 0 spiro atoms. The molecule has 0 aromatic heterocycles. The van der Waals surface area contributed by atoms with Crippen LogP contribution in [0.5, 0.6) is 0 Å². The van der Waals surface area contributed by atoms with Crippen LogP contribution in [0.25, 0.3) is 0 Å². The average Bonchev–Trinajstić information content (AvgIpc) is 2.62. The fourth-order valence-corrected chi connectivity index (χ4v) is 3.19. The minimum absolute atomic E-state index is 0.147. The van der Waals surface area contributed by atoms with Gasteiger partial charge in [-0.05, 0) is 19.4 Å². The van der Waals surface area contributed by atoms with Crippen molar-refractivity contribution >= 4 is 11.8 Å². The Balaban J connectivity index is 2.21. The van der Waals surface area contributed by atoms with Crippen molar-refractivity contribution in [3.05, 3.63) is 35.9 Å². The van der Waals surface area contributed by atoms with E-state index in [1.165, 1.54) is 6.92 Å². The Bertz CT molecular complexity index is 608. The monoisotopic (exact) mass is 348 g/mol. The van der Waals surface area contributed by atoms with Gasteiger partial charge in [0.05, 0.1) is 6.10 Å². The maximum atomic E-state index is 12.6. The van der Waals surface area contributed by atoms with E-state index in [1.807, 2.05) is 37.3 Å². The number of carbonyl (C=O) groups is 2. The molecule has 0 radical (unpaired) electrons. The lowest BCUT2D eigenvalue weighted by molar-refractivity contribution is -0.147. The maximum absolute atomic E-state index is 12.6. The van der Waals surface area contributed by atoms with E-state index in [9.17, 15) is 14.7 Å². The minimum Gasteiger partial charge on any atom is -0.391 e. The Kier molecular flexibility index (Phi) is 6.16. The van der Waals surface area contributed by atoms with Gasteiger partial charge >= 0.3 is 0 Å². The first kappa shape index (κ1) is 19.4. The van der Waals surface area contributed by atoms with Gasteiger partial charge in [0.2, 0.25) is 11.8 Å². The summed E-state index contributed by atoms with van der Waals surface area (Å²) in [4.78, 5) is 28.7. The van der Waals surface area contributed by atoms with E-state index in [1.54, 1.807) is 11.9 Å². The summed E-state index contributed by atoms with van der Waals surface area (Å²) < 4.78 is 0. The van der Waals surface area contributed by atoms with Crippen molar-refractivity contribution in [1.82, 2.24) is 15.1 Å². The molecular weight excluding hydrogens is 320 g/mol. The number of nitrogens with one attached hydrogen (secondary N) is 1. The van der Waals surface area contributed by atoms with Gasteiger partial charge in [-0.1, -0.05) is 30.3 Å². The normalized spacial score (nSPS) is 23.8.